The first-order chi connectivity index (χ1) is 10.7. The van der Waals surface area contributed by atoms with Gasteiger partial charge in [-0.2, -0.15) is 0 Å². The topological polar surface area (TPSA) is 70.2 Å². The average Bonchev–Trinajstić information content (AvgIpc) is 2.53. The van der Waals surface area contributed by atoms with E-state index < -0.39 is 0 Å². The molecule has 124 valence electrons. The first-order valence-electron chi connectivity index (χ1n) is 8.28. The highest BCUT2D eigenvalue weighted by Gasteiger charge is 2.24. The standard InChI is InChI=1S/C16H28N4O2/c1-3-4-6-14(12-22-2)19-13-7-5-10-20(11-13)15-16(21)18-9-8-17-15/h8-9,13-14,19H,3-7,10-12H2,1-2H3,(H,18,21)/t13-,14-/m1/s1. The fourth-order valence-electron chi connectivity index (χ4n) is 3.07. The molecular weight excluding hydrogens is 280 g/mol. The molecule has 2 N–H and O–H groups in total. The summed E-state index contributed by atoms with van der Waals surface area (Å²) in [5.74, 6) is 0.533. The Bertz CT molecular complexity index is 491. The van der Waals surface area contributed by atoms with Gasteiger partial charge in [-0.3, -0.25) is 4.79 Å². The highest BCUT2D eigenvalue weighted by Crippen LogP contribution is 2.15. The molecule has 0 bridgehead atoms. The Labute approximate surface area is 132 Å². The minimum Gasteiger partial charge on any atom is -0.383 e. The van der Waals surface area contributed by atoms with Gasteiger partial charge in [-0.15, -0.1) is 0 Å². The minimum absolute atomic E-state index is 0.109. The molecule has 0 radical (unpaired) electrons. The summed E-state index contributed by atoms with van der Waals surface area (Å²) >= 11 is 0. The van der Waals surface area contributed by atoms with Crippen LogP contribution in [0.2, 0.25) is 0 Å². The maximum Gasteiger partial charge on any atom is 0.290 e. The molecule has 1 aromatic rings. The first-order valence-corrected chi connectivity index (χ1v) is 8.28. The summed E-state index contributed by atoms with van der Waals surface area (Å²) < 4.78 is 5.33. The Morgan fingerprint density at radius 3 is 3.18 bits per heavy atom. The predicted octanol–water partition coefficient (Wildman–Crippen LogP) is 1.53. The summed E-state index contributed by atoms with van der Waals surface area (Å²) in [5, 5.41) is 3.70. The molecule has 6 nitrogen and oxygen atoms in total. The van der Waals surface area contributed by atoms with E-state index in [9.17, 15) is 4.79 Å². The van der Waals surface area contributed by atoms with Gasteiger partial charge in [-0.05, 0) is 19.3 Å². The number of aromatic amines is 1. The van der Waals surface area contributed by atoms with Crippen LogP contribution >= 0.6 is 0 Å². The van der Waals surface area contributed by atoms with E-state index in [1.165, 1.54) is 12.8 Å². The molecule has 6 heteroatoms. The van der Waals surface area contributed by atoms with Gasteiger partial charge in [0.25, 0.3) is 5.56 Å². The quantitative estimate of drug-likeness (QED) is 0.762. The van der Waals surface area contributed by atoms with Crippen LogP contribution in [0.3, 0.4) is 0 Å². The van der Waals surface area contributed by atoms with Crippen molar-refractivity contribution >= 4 is 5.82 Å². The molecule has 1 aliphatic rings. The summed E-state index contributed by atoms with van der Waals surface area (Å²) in [4.78, 5) is 20.9. The van der Waals surface area contributed by atoms with E-state index in [0.717, 1.165) is 39.0 Å². The van der Waals surface area contributed by atoms with Gasteiger partial charge in [0.15, 0.2) is 5.82 Å². The number of unbranched alkanes of at least 4 members (excludes halogenated alkanes) is 1. The van der Waals surface area contributed by atoms with Crippen molar-refractivity contribution in [2.75, 3.05) is 31.7 Å². The Balaban J connectivity index is 1.94. The third-order valence-electron chi connectivity index (χ3n) is 4.16. The fourth-order valence-corrected chi connectivity index (χ4v) is 3.07. The molecule has 0 spiro atoms. The first kappa shape index (κ1) is 17.0. The third-order valence-corrected chi connectivity index (χ3v) is 4.16. The lowest BCUT2D eigenvalue weighted by Crippen LogP contribution is -2.51. The van der Waals surface area contributed by atoms with Gasteiger partial charge in [0, 0.05) is 44.7 Å². The number of nitrogens with one attached hydrogen (secondary N) is 2. The SMILES string of the molecule is CCCC[C@H](COC)N[C@@H]1CCCN(c2ncc[nH]c2=O)C1. The van der Waals surface area contributed by atoms with Crippen molar-refractivity contribution in [1.82, 2.24) is 15.3 Å². The van der Waals surface area contributed by atoms with Gasteiger partial charge >= 0.3 is 0 Å². The molecule has 22 heavy (non-hydrogen) atoms. The van der Waals surface area contributed by atoms with E-state index in [-0.39, 0.29) is 5.56 Å². The summed E-state index contributed by atoms with van der Waals surface area (Å²) in [6.07, 6.45) is 8.95. The lowest BCUT2D eigenvalue weighted by Gasteiger charge is -2.35. The van der Waals surface area contributed by atoms with E-state index in [1.807, 2.05) is 0 Å². The molecule has 2 atom stereocenters. The summed E-state index contributed by atoms with van der Waals surface area (Å²) in [7, 11) is 1.75. The van der Waals surface area contributed by atoms with Crippen LogP contribution in [0.5, 0.6) is 0 Å². The Kier molecular flexibility index (Phi) is 6.86. The second-order valence-corrected chi connectivity index (χ2v) is 5.99. The van der Waals surface area contributed by atoms with Crippen molar-refractivity contribution in [2.45, 2.75) is 51.1 Å². The van der Waals surface area contributed by atoms with Crippen LogP contribution in [-0.4, -0.2) is 48.9 Å². The predicted molar refractivity (Wildman–Crippen MR) is 88.4 cm³/mol. The number of hydrogen-bond donors (Lipinski definition) is 2. The molecule has 1 aliphatic heterocycles. The molecule has 1 saturated heterocycles. The van der Waals surface area contributed by atoms with Gasteiger partial charge in [0.1, 0.15) is 0 Å². The molecule has 2 rings (SSSR count). The number of piperidine rings is 1. The highest BCUT2D eigenvalue weighted by atomic mass is 16.5. The zero-order valence-corrected chi connectivity index (χ0v) is 13.7. The smallest absolute Gasteiger partial charge is 0.290 e. The number of methoxy groups -OCH3 is 1. The summed E-state index contributed by atoms with van der Waals surface area (Å²) in [5.41, 5.74) is -0.109. The molecule has 0 saturated carbocycles. The Hall–Kier alpha value is -1.40. The number of hydrogen-bond acceptors (Lipinski definition) is 5. The van der Waals surface area contributed by atoms with Crippen LogP contribution < -0.4 is 15.8 Å². The van der Waals surface area contributed by atoms with Gasteiger partial charge < -0.3 is 19.9 Å². The Morgan fingerprint density at radius 2 is 2.45 bits per heavy atom. The summed E-state index contributed by atoms with van der Waals surface area (Å²) in [6, 6.07) is 0.768. The molecule has 1 aromatic heterocycles. The monoisotopic (exact) mass is 308 g/mol. The number of H-pyrrole nitrogens is 1. The van der Waals surface area contributed by atoms with Crippen molar-refractivity contribution in [3.8, 4) is 0 Å². The zero-order chi connectivity index (χ0) is 15.8. The summed E-state index contributed by atoms with van der Waals surface area (Å²) in [6.45, 7) is 4.66. The molecule has 0 aromatic carbocycles. The van der Waals surface area contributed by atoms with Gasteiger partial charge in [0.2, 0.25) is 0 Å². The highest BCUT2D eigenvalue weighted by molar-refractivity contribution is 5.36. The number of anilines is 1. The van der Waals surface area contributed by atoms with Crippen LogP contribution in [0.1, 0.15) is 39.0 Å². The maximum absolute atomic E-state index is 11.9. The molecule has 0 amide bonds. The fraction of sp³-hybridized carbons (Fsp3) is 0.750. The van der Waals surface area contributed by atoms with E-state index in [4.69, 9.17) is 4.74 Å². The average molecular weight is 308 g/mol. The second kappa shape index (κ2) is 8.90. The van der Waals surface area contributed by atoms with Crippen molar-refractivity contribution in [3.63, 3.8) is 0 Å². The molecule has 1 fully saturated rings. The van der Waals surface area contributed by atoms with Gasteiger partial charge in [-0.25, -0.2) is 4.98 Å². The molecule has 0 unspecified atom stereocenters. The maximum atomic E-state index is 11.9. The van der Waals surface area contributed by atoms with Crippen LogP contribution in [-0.2, 0) is 4.74 Å². The number of nitrogens with zero attached hydrogens (tertiary/aromatic N) is 2. The van der Waals surface area contributed by atoms with Gasteiger partial charge in [-0.1, -0.05) is 19.8 Å². The molecule has 0 aliphatic carbocycles. The van der Waals surface area contributed by atoms with E-state index in [2.05, 4.69) is 27.1 Å². The van der Waals surface area contributed by atoms with E-state index >= 15 is 0 Å². The van der Waals surface area contributed by atoms with E-state index in [0.29, 0.717) is 17.9 Å². The lowest BCUT2D eigenvalue weighted by atomic mass is 10.0. The van der Waals surface area contributed by atoms with Crippen molar-refractivity contribution < 1.29 is 4.74 Å². The van der Waals surface area contributed by atoms with Crippen LogP contribution in [0.4, 0.5) is 5.82 Å². The van der Waals surface area contributed by atoms with E-state index in [1.54, 1.807) is 19.5 Å². The lowest BCUT2D eigenvalue weighted by molar-refractivity contribution is 0.153. The van der Waals surface area contributed by atoms with Crippen molar-refractivity contribution in [2.24, 2.45) is 0 Å². The Morgan fingerprint density at radius 1 is 1.59 bits per heavy atom. The van der Waals surface area contributed by atoms with Crippen molar-refractivity contribution in [1.29, 1.82) is 0 Å². The van der Waals surface area contributed by atoms with Crippen LogP contribution in [0.15, 0.2) is 17.2 Å². The number of ether oxygens (including phenoxy) is 1. The van der Waals surface area contributed by atoms with Gasteiger partial charge in [0.05, 0.1) is 6.61 Å². The minimum atomic E-state index is -0.109. The molecule has 2 heterocycles. The third kappa shape index (κ3) is 4.81. The largest absolute Gasteiger partial charge is 0.383 e. The van der Waals surface area contributed by atoms with Crippen LogP contribution in [0.25, 0.3) is 0 Å². The number of rotatable bonds is 8. The number of aromatic nitrogens is 2. The van der Waals surface area contributed by atoms with Crippen molar-refractivity contribution in [3.05, 3.63) is 22.7 Å². The zero-order valence-electron chi connectivity index (χ0n) is 13.7. The second-order valence-electron chi connectivity index (χ2n) is 5.99. The van der Waals surface area contributed by atoms with Crippen LogP contribution in [0, 0.1) is 0 Å². The molecular formula is C16H28N4O2. The normalized spacial score (nSPS) is 20.1.